The number of carbonyl (C=O) groups excluding carboxylic acids is 2. The summed E-state index contributed by atoms with van der Waals surface area (Å²) in [6.07, 6.45) is 5.74. The lowest BCUT2D eigenvalue weighted by molar-refractivity contribution is -0.284. The standard InChI is InChI=1S/C35H42Cl2N4O5/c1-34(2)20-41(21-34)35(40-14-6-7-15-40,46-24-12-10-22(11-13-24)33(44)45)31(42)17-23-16-28(37)29(18-27(23)36)38-32(43)26-19-39(3)30-9-5-4-8-25(26)30/h4-5,8-9,16,18-19,22,24H,6-7,10-15,17,20-21H2,1-3H3,(H,38,43)(H,44,45). The van der Waals surface area contributed by atoms with Crippen molar-refractivity contribution < 1.29 is 24.2 Å². The number of para-hydroxylation sites is 1. The van der Waals surface area contributed by atoms with Gasteiger partial charge < -0.3 is 19.7 Å². The largest absolute Gasteiger partial charge is 0.481 e. The lowest BCUT2D eigenvalue weighted by Crippen LogP contribution is -2.74. The van der Waals surface area contributed by atoms with Crippen LogP contribution in [0.4, 0.5) is 5.69 Å². The fourth-order valence-electron chi connectivity index (χ4n) is 7.47. The van der Waals surface area contributed by atoms with E-state index in [0.717, 1.165) is 36.8 Å². The molecule has 1 amide bonds. The fourth-order valence-corrected chi connectivity index (χ4v) is 7.93. The van der Waals surface area contributed by atoms with E-state index in [0.29, 0.717) is 60.6 Å². The number of amides is 1. The number of fused-ring (bicyclic) bond motifs is 1. The zero-order valence-corrected chi connectivity index (χ0v) is 28.2. The van der Waals surface area contributed by atoms with E-state index in [2.05, 4.69) is 29.0 Å². The Balaban J connectivity index is 1.26. The summed E-state index contributed by atoms with van der Waals surface area (Å²) in [5, 5.41) is 13.9. The number of aryl methyl sites for hydroxylation is 1. The molecule has 2 aliphatic heterocycles. The third-order valence-electron chi connectivity index (χ3n) is 9.80. The third kappa shape index (κ3) is 6.32. The number of carbonyl (C=O) groups is 3. The van der Waals surface area contributed by atoms with Crippen LogP contribution in [-0.2, 0) is 27.8 Å². The van der Waals surface area contributed by atoms with Gasteiger partial charge in [0.25, 0.3) is 5.91 Å². The molecule has 0 spiro atoms. The summed E-state index contributed by atoms with van der Waals surface area (Å²) in [7, 11) is 1.89. The molecular weight excluding hydrogens is 627 g/mol. The maximum atomic E-state index is 14.7. The predicted molar refractivity (Wildman–Crippen MR) is 179 cm³/mol. The third-order valence-corrected chi connectivity index (χ3v) is 10.5. The Labute approximate surface area is 279 Å². The molecule has 1 saturated carbocycles. The Hall–Kier alpha value is -2.95. The molecule has 3 fully saturated rings. The summed E-state index contributed by atoms with van der Waals surface area (Å²) < 4.78 is 8.83. The van der Waals surface area contributed by atoms with E-state index in [-0.39, 0.29) is 40.6 Å². The number of hydrogen-bond donors (Lipinski definition) is 2. The number of nitrogens with one attached hydrogen (secondary N) is 1. The number of ether oxygens (including phenoxy) is 1. The van der Waals surface area contributed by atoms with Gasteiger partial charge in [-0.1, -0.05) is 55.2 Å². The SMILES string of the molecule is Cn1cc(C(=O)Nc2cc(Cl)c(CC(=O)C(OC3CCC(C(=O)O)CC3)(N3CCCC3)N3CC(C)(C)C3)cc2Cl)c2ccccc21. The molecule has 1 atom stereocenters. The van der Waals surface area contributed by atoms with Crippen molar-refractivity contribution in [2.75, 3.05) is 31.5 Å². The highest BCUT2D eigenvalue weighted by molar-refractivity contribution is 6.36. The van der Waals surface area contributed by atoms with E-state index in [1.165, 1.54) is 0 Å². The van der Waals surface area contributed by atoms with Gasteiger partial charge in [0.1, 0.15) is 0 Å². The minimum absolute atomic E-state index is 0.00595. The molecular formula is C35H42Cl2N4O5. The van der Waals surface area contributed by atoms with Gasteiger partial charge in [-0.3, -0.25) is 24.2 Å². The number of rotatable bonds is 10. The minimum atomic E-state index is -1.27. The highest BCUT2D eigenvalue weighted by Gasteiger charge is 2.57. The number of nitrogens with zero attached hydrogens (tertiary/aromatic N) is 3. The zero-order chi connectivity index (χ0) is 32.8. The number of carboxylic acids is 1. The molecule has 6 rings (SSSR count). The smallest absolute Gasteiger partial charge is 0.306 e. The zero-order valence-electron chi connectivity index (χ0n) is 26.7. The van der Waals surface area contributed by atoms with Crippen LogP contribution in [0.5, 0.6) is 0 Å². The van der Waals surface area contributed by atoms with Crippen LogP contribution in [0.1, 0.15) is 68.3 Å². The van der Waals surface area contributed by atoms with E-state index < -0.39 is 11.8 Å². The number of aliphatic carboxylic acids is 1. The molecule has 1 unspecified atom stereocenters. The van der Waals surface area contributed by atoms with Gasteiger partial charge in [0, 0.05) is 61.8 Å². The highest BCUT2D eigenvalue weighted by Crippen LogP contribution is 2.43. The molecule has 246 valence electrons. The molecule has 0 bridgehead atoms. The lowest BCUT2D eigenvalue weighted by atomic mass is 9.82. The van der Waals surface area contributed by atoms with E-state index in [1.54, 1.807) is 18.3 Å². The minimum Gasteiger partial charge on any atom is -0.481 e. The van der Waals surface area contributed by atoms with E-state index in [1.807, 2.05) is 35.9 Å². The van der Waals surface area contributed by atoms with E-state index in [4.69, 9.17) is 27.9 Å². The van der Waals surface area contributed by atoms with Crippen molar-refractivity contribution in [2.45, 2.75) is 70.7 Å². The number of ketones is 1. The van der Waals surface area contributed by atoms with Crippen LogP contribution in [0.15, 0.2) is 42.6 Å². The van der Waals surface area contributed by atoms with E-state index >= 15 is 0 Å². The first-order valence-electron chi connectivity index (χ1n) is 16.2. The first kappa shape index (κ1) is 33.0. The maximum absolute atomic E-state index is 14.7. The summed E-state index contributed by atoms with van der Waals surface area (Å²) in [6, 6.07) is 10.9. The van der Waals surface area contributed by atoms with Gasteiger partial charge in [0.2, 0.25) is 5.85 Å². The molecule has 2 N–H and O–H groups in total. The number of carboxylic acid groups (broad SMARTS) is 1. The maximum Gasteiger partial charge on any atom is 0.306 e. The van der Waals surface area contributed by atoms with Gasteiger partial charge in [-0.05, 0) is 67.7 Å². The molecule has 3 aromatic rings. The second kappa shape index (κ2) is 12.9. The van der Waals surface area contributed by atoms with Gasteiger partial charge in [0.05, 0.1) is 28.3 Å². The second-order valence-corrected chi connectivity index (χ2v) is 14.7. The van der Waals surface area contributed by atoms with Crippen molar-refractivity contribution in [3.8, 4) is 0 Å². The van der Waals surface area contributed by atoms with Crippen LogP contribution in [0.3, 0.4) is 0 Å². The van der Waals surface area contributed by atoms with Crippen molar-refractivity contribution in [1.29, 1.82) is 0 Å². The molecule has 2 saturated heterocycles. The number of likely N-dealkylation sites (tertiary alicyclic amines) is 2. The average Bonchev–Trinajstić information content (AvgIpc) is 3.66. The van der Waals surface area contributed by atoms with Crippen LogP contribution in [-0.4, -0.2) is 75.3 Å². The Morgan fingerprint density at radius 3 is 2.33 bits per heavy atom. The lowest BCUT2D eigenvalue weighted by Gasteiger charge is -2.58. The van der Waals surface area contributed by atoms with Gasteiger partial charge in [-0.2, -0.15) is 0 Å². The first-order valence-corrected chi connectivity index (χ1v) is 16.9. The molecule has 9 nitrogen and oxygen atoms in total. The van der Waals surface area contributed by atoms with E-state index in [9.17, 15) is 19.5 Å². The molecule has 1 aromatic heterocycles. The van der Waals surface area contributed by atoms with Gasteiger partial charge >= 0.3 is 5.97 Å². The molecule has 2 aromatic carbocycles. The van der Waals surface area contributed by atoms with Gasteiger partial charge in [-0.25, -0.2) is 0 Å². The average molecular weight is 670 g/mol. The first-order chi connectivity index (χ1) is 21.9. The highest BCUT2D eigenvalue weighted by atomic mass is 35.5. The van der Waals surface area contributed by atoms with Crippen molar-refractivity contribution in [3.05, 3.63) is 63.8 Å². The van der Waals surface area contributed by atoms with Crippen LogP contribution in [0, 0.1) is 11.3 Å². The predicted octanol–water partition coefficient (Wildman–Crippen LogP) is 6.60. The normalized spacial score (nSPS) is 23.2. The molecule has 3 heterocycles. The Bertz CT molecular complexity index is 1650. The van der Waals surface area contributed by atoms with Crippen molar-refractivity contribution in [3.63, 3.8) is 0 Å². The summed E-state index contributed by atoms with van der Waals surface area (Å²) in [4.78, 5) is 43.9. The summed E-state index contributed by atoms with van der Waals surface area (Å²) in [6.45, 7) is 7.24. The quantitative estimate of drug-likeness (QED) is 0.251. The monoisotopic (exact) mass is 668 g/mol. The number of Topliss-reactive ketones (excluding diaryl/α,β-unsaturated/α-hetero) is 1. The number of anilines is 1. The molecule has 46 heavy (non-hydrogen) atoms. The second-order valence-electron chi connectivity index (χ2n) is 13.9. The Morgan fingerprint density at radius 1 is 1.00 bits per heavy atom. The Morgan fingerprint density at radius 2 is 1.67 bits per heavy atom. The number of benzene rings is 2. The number of hydrogen-bond acceptors (Lipinski definition) is 6. The number of halogens is 2. The number of aromatic nitrogens is 1. The summed E-state index contributed by atoms with van der Waals surface area (Å²) in [5.74, 6) is -2.84. The van der Waals surface area contributed by atoms with Crippen LogP contribution in [0.25, 0.3) is 10.9 Å². The van der Waals surface area contributed by atoms with Crippen molar-refractivity contribution in [1.82, 2.24) is 14.4 Å². The van der Waals surface area contributed by atoms with Crippen molar-refractivity contribution >= 4 is 57.5 Å². The van der Waals surface area contributed by atoms with Crippen LogP contribution >= 0.6 is 23.2 Å². The van der Waals surface area contributed by atoms with Crippen LogP contribution < -0.4 is 5.32 Å². The Kier molecular flexibility index (Phi) is 9.26. The molecule has 1 aliphatic carbocycles. The molecule has 3 aliphatic rings. The van der Waals surface area contributed by atoms with Crippen LogP contribution in [0.2, 0.25) is 10.0 Å². The summed E-state index contributed by atoms with van der Waals surface area (Å²) >= 11 is 13.5. The van der Waals surface area contributed by atoms with Crippen molar-refractivity contribution in [2.24, 2.45) is 18.4 Å². The molecule has 0 radical (unpaired) electrons. The fraction of sp³-hybridized carbons (Fsp3) is 0.514. The summed E-state index contributed by atoms with van der Waals surface area (Å²) in [5.41, 5.74) is 2.42. The van der Waals surface area contributed by atoms with Gasteiger partial charge in [-0.15, -0.1) is 0 Å². The van der Waals surface area contributed by atoms with Gasteiger partial charge in [0.15, 0.2) is 5.78 Å². The topological polar surface area (TPSA) is 104 Å². The molecule has 11 heteroatoms.